The molecule has 0 amide bonds. The van der Waals surface area contributed by atoms with E-state index < -0.39 is 0 Å². The van der Waals surface area contributed by atoms with Gasteiger partial charge in [-0.15, -0.1) is 0 Å². The molecule has 0 aromatic heterocycles. The number of carbonyl (C=O) groups excluding carboxylic acids is 1. The molecule has 0 saturated heterocycles. The molecular formula is C29H38O3. The van der Waals surface area contributed by atoms with Gasteiger partial charge in [0.15, 0.2) is 0 Å². The standard InChI is InChI=1S/C29H38O3/c1-6-21(4)29(30)32-17-9-16-31-28-13-8-11-25-19-24(10-7-12-27(25)28)26-15-14-23(20(2)3)18-22(26)5/h8,11,13-15,18-21H,6-7,9-10,12,16-17H2,1-5H3. The number of ether oxygens (including phenoxy) is 2. The third-order valence-electron chi connectivity index (χ3n) is 6.44. The maximum Gasteiger partial charge on any atom is 0.308 e. The number of rotatable bonds is 9. The molecule has 0 aliphatic heterocycles. The molecular weight excluding hydrogens is 396 g/mol. The van der Waals surface area contributed by atoms with Gasteiger partial charge in [-0.3, -0.25) is 4.79 Å². The maximum absolute atomic E-state index is 11.8. The fourth-order valence-electron chi connectivity index (χ4n) is 4.18. The smallest absolute Gasteiger partial charge is 0.308 e. The summed E-state index contributed by atoms with van der Waals surface area (Å²) in [6.07, 6.45) is 7.05. The summed E-state index contributed by atoms with van der Waals surface area (Å²) in [6, 6.07) is 13.2. The predicted molar refractivity (Wildman–Crippen MR) is 133 cm³/mol. The molecule has 1 atom stereocenters. The molecule has 0 N–H and O–H groups in total. The molecule has 172 valence electrons. The summed E-state index contributed by atoms with van der Waals surface area (Å²) >= 11 is 0. The highest BCUT2D eigenvalue weighted by molar-refractivity contribution is 5.85. The van der Waals surface area contributed by atoms with Crippen molar-refractivity contribution in [1.29, 1.82) is 0 Å². The lowest BCUT2D eigenvalue weighted by atomic mass is 9.92. The maximum atomic E-state index is 11.8. The van der Waals surface area contributed by atoms with Crippen molar-refractivity contribution >= 4 is 17.6 Å². The Hall–Kier alpha value is -2.55. The van der Waals surface area contributed by atoms with E-state index in [1.54, 1.807) is 0 Å². The third-order valence-corrected chi connectivity index (χ3v) is 6.44. The lowest BCUT2D eigenvalue weighted by molar-refractivity contribution is -0.148. The van der Waals surface area contributed by atoms with Crippen molar-refractivity contribution < 1.29 is 14.3 Å². The van der Waals surface area contributed by atoms with Gasteiger partial charge >= 0.3 is 5.97 Å². The largest absolute Gasteiger partial charge is 0.493 e. The van der Waals surface area contributed by atoms with E-state index in [1.807, 2.05) is 13.8 Å². The Kier molecular flexibility index (Phi) is 8.55. The average Bonchev–Trinajstić information content (AvgIpc) is 3.00. The van der Waals surface area contributed by atoms with Crippen LogP contribution in [-0.4, -0.2) is 19.2 Å². The van der Waals surface area contributed by atoms with Crippen molar-refractivity contribution in [2.75, 3.05) is 13.2 Å². The van der Waals surface area contributed by atoms with Crippen LogP contribution in [0.25, 0.3) is 11.6 Å². The Morgan fingerprint density at radius 3 is 2.59 bits per heavy atom. The molecule has 0 bridgehead atoms. The van der Waals surface area contributed by atoms with Crippen molar-refractivity contribution in [3.8, 4) is 5.75 Å². The Balaban J connectivity index is 1.68. The molecule has 2 aromatic rings. The molecule has 3 nitrogen and oxygen atoms in total. The van der Waals surface area contributed by atoms with Crippen molar-refractivity contribution in [3.05, 3.63) is 64.2 Å². The lowest BCUT2D eigenvalue weighted by Gasteiger charge is -2.14. The van der Waals surface area contributed by atoms with Crippen LogP contribution < -0.4 is 4.74 Å². The minimum Gasteiger partial charge on any atom is -0.493 e. The molecule has 0 radical (unpaired) electrons. The number of esters is 1. The Bertz CT molecular complexity index is 955. The number of benzene rings is 2. The van der Waals surface area contributed by atoms with Crippen LogP contribution in [0.1, 0.15) is 87.1 Å². The third kappa shape index (κ3) is 6.03. The van der Waals surface area contributed by atoms with E-state index in [0.29, 0.717) is 25.6 Å². The van der Waals surface area contributed by atoms with Crippen molar-refractivity contribution in [2.45, 2.75) is 72.6 Å². The monoisotopic (exact) mass is 434 g/mol. The second-order valence-corrected chi connectivity index (χ2v) is 9.25. The molecule has 0 heterocycles. The van der Waals surface area contributed by atoms with Crippen molar-refractivity contribution in [1.82, 2.24) is 0 Å². The molecule has 2 aromatic carbocycles. The Morgan fingerprint density at radius 1 is 1.06 bits per heavy atom. The van der Waals surface area contributed by atoms with Gasteiger partial charge in [-0.2, -0.15) is 0 Å². The fraction of sp³-hybridized carbons (Fsp3) is 0.483. The zero-order chi connectivity index (χ0) is 23.1. The summed E-state index contributed by atoms with van der Waals surface area (Å²) in [5, 5.41) is 0. The molecule has 3 heteroatoms. The number of hydrogen-bond acceptors (Lipinski definition) is 3. The zero-order valence-corrected chi connectivity index (χ0v) is 20.4. The van der Waals surface area contributed by atoms with Gasteiger partial charge in [-0.1, -0.05) is 64.1 Å². The second kappa shape index (κ2) is 11.4. The van der Waals surface area contributed by atoms with E-state index in [2.05, 4.69) is 63.2 Å². The number of carbonyl (C=O) groups is 1. The minimum atomic E-state index is -0.115. The van der Waals surface area contributed by atoms with Gasteiger partial charge in [0.1, 0.15) is 5.75 Å². The molecule has 0 saturated carbocycles. The van der Waals surface area contributed by atoms with Crippen LogP contribution in [0.2, 0.25) is 0 Å². The number of fused-ring (bicyclic) bond motifs is 1. The lowest BCUT2D eigenvalue weighted by Crippen LogP contribution is -2.15. The van der Waals surface area contributed by atoms with Gasteiger partial charge < -0.3 is 9.47 Å². The van der Waals surface area contributed by atoms with E-state index in [-0.39, 0.29) is 11.9 Å². The van der Waals surface area contributed by atoms with Crippen LogP contribution >= 0.6 is 0 Å². The molecule has 1 aliphatic carbocycles. The highest BCUT2D eigenvalue weighted by Gasteiger charge is 2.16. The highest BCUT2D eigenvalue weighted by Crippen LogP contribution is 2.35. The summed E-state index contributed by atoms with van der Waals surface area (Å²) < 4.78 is 11.4. The van der Waals surface area contributed by atoms with E-state index in [9.17, 15) is 4.79 Å². The number of aryl methyl sites for hydroxylation is 1. The summed E-state index contributed by atoms with van der Waals surface area (Å²) in [5.41, 5.74) is 8.06. The minimum absolute atomic E-state index is 0.0352. The molecule has 0 spiro atoms. The van der Waals surface area contributed by atoms with Gasteiger partial charge in [0.05, 0.1) is 19.1 Å². The first-order valence-electron chi connectivity index (χ1n) is 12.1. The molecule has 3 rings (SSSR count). The topological polar surface area (TPSA) is 35.5 Å². The van der Waals surface area contributed by atoms with Crippen molar-refractivity contribution in [3.63, 3.8) is 0 Å². The molecule has 1 aliphatic rings. The van der Waals surface area contributed by atoms with Gasteiger partial charge in [0.25, 0.3) is 0 Å². The zero-order valence-electron chi connectivity index (χ0n) is 20.4. The van der Waals surface area contributed by atoms with Gasteiger partial charge in [-0.05, 0) is 72.4 Å². The summed E-state index contributed by atoms with van der Waals surface area (Å²) in [6.45, 7) is 11.6. The van der Waals surface area contributed by atoms with E-state index in [4.69, 9.17) is 9.47 Å². The fourth-order valence-corrected chi connectivity index (χ4v) is 4.18. The van der Waals surface area contributed by atoms with E-state index in [0.717, 1.165) is 31.4 Å². The van der Waals surface area contributed by atoms with Gasteiger partial charge in [-0.25, -0.2) is 0 Å². The first kappa shape index (κ1) is 24.1. The number of hydrogen-bond donors (Lipinski definition) is 0. The van der Waals surface area contributed by atoms with Crippen LogP contribution in [0.4, 0.5) is 0 Å². The highest BCUT2D eigenvalue weighted by atomic mass is 16.5. The van der Waals surface area contributed by atoms with Crippen molar-refractivity contribution in [2.24, 2.45) is 5.92 Å². The summed E-state index contributed by atoms with van der Waals surface area (Å²) in [4.78, 5) is 11.8. The first-order chi connectivity index (χ1) is 15.4. The Labute approximate surface area is 193 Å². The normalized spacial score (nSPS) is 14.4. The van der Waals surface area contributed by atoms with Crippen LogP contribution in [-0.2, 0) is 16.0 Å². The van der Waals surface area contributed by atoms with E-state index >= 15 is 0 Å². The van der Waals surface area contributed by atoms with Gasteiger partial charge in [0.2, 0.25) is 0 Å². The quantitative estimate of drug-likeness (QED) is 0.306. The van der Waals surface area contributed by atoms with Gasteiger partial charge in [0, 0.05) is 12.0 Å². The SMILES string of the molecule is CCC(C)C(=O)OCCCOc1cccc2c1CCCC(c1ccc(C(C)C)cc1C)=C2. The van der Waals surface area contributed by atoms with Crippen LogP contribution in [0, 0.1) is 12.8 Å². The number of allylic oxidation sites excluding steroid dienone is 1. The molecule has 0 fully saturated rings. The summed E-state index contributed by atoms with van der Waals surface area (Å²) in [7, 11) is 0. The first-order valence-corrected chi connectivity index (χ1v) is 12.1. The predicted octanol–water partition coefficient (Wildman–Crippen LogP) is 7.35. The summed E-state index contributed by atoms with van der Waals surface area (Å²) in [5.74, 6) is 1.35. The molecule has 32 heavy (non-hydrogen) atoms. The second-order valence-electron chi connectivity index (χ2n) is 9.25. The van der Waals surface area contributed by atoms with E-state index in [1.165, 1.54) is 33.4 Å². The van der Waals surface area contributed by atoms with Crippen LogP contribution in [0.5, 0.6) is 5.75 Å². The van der Waals surface area contributed by atoms with Crippen LogP contribution in [0.15, 0.2) is 36.4 Å². The van der Waals surface area contributed by atoms with Crippen LogP contribution in [0.3, 0.4) is 0 Å². The average molecular weight is 435 g/mol. The molecule has 1 unspecified atom stereocenters. The Morgan fingerprint density at radius 2 is 1.88 bits per heavy atom.